The van der Waals surface area contributed by atoms with Gasteiger partial charge in [0.05, 0.1) is 34.8 Å². The van der Waals surface area contributed by atoms with Crippen molar-refractivity contribution in [3.8, 4) is 17.3 Å². The molecule has 0 spiro atoms. The molecular weight excluding hydrogens is 775 g/mol. The second kappa shape index (κ2) is 13.7. The first-order valence-electron chi connectivity index (χ1n) is 20.5. The lowest BCUT2D eigenvalue weighted by atomic mass is 9.86. The molecule has 3 aliphatic heterocycles. The molecule has 6 nitrogen and oxygen atoms in total. The maximum absolute atomic E-state index is 6.86. The van der Waals surface area contributed by atoms with E-state index in [0.29, 0.717) is 6.67 Å². The molecule has 0 amide bonds. The number of nitrogens with zero attached hydrogens (tertiary/aromatic N) is 5. The average Bonchev–Trinajstić information content (AvgIpc) is 3.86. The molecular formula is C52H45N5OS2. The lowest BCUT2D eigenvalue weighted by molar-refractivity contribution is 0.479. The Morgan fingerprint density at radius 3 is 1.83 bits per heavy atom. The molecule has 8 heteroatoms. The van der Waals surface area contributed by atoms with Gasteiger partial charge in [0.25, 0.3) is 0 Å². The molecule has 2 aromatic heterocycles. The quantitative estimate of drug-likeness (QED) is 0.171. The normalized spacial score (nSPS) is 14.5. The van der Waals surface area contributed by atoms with Crippen LogP contribution in [0, 0.1) is 0 Å². The number of benzene rings is 6. The Balaban J connectivity index is 0.930. The predicted molar refractivity (Wildman–Crippen MR) is 251 cm³/mol. The van der Waals surface area contributed by atoms with Gasteiger partial charge < -0.3 is 19.4 Å². The highest BCUT2D eigenvalue weighted by Gasteiger charge is 2.34. The summed E-state index contributed by atoms with van der Waals surface area (Å²) in [4.78, 5) is 17.1. The molecule has 0 saturated carbocycles. The molecule has 0 radical (unpaired) electrons. The van der Waals surface area contributed by atoms with Crippen LogP contribution < -0.4 is 19.4 Å². The highest BCUT2D eigenvalue weighted by atomic mass is 32.2. The van der Waals surface area contributed by atoms with Crippen LogP contribution in [0.15, 0.2) is 172 Å². The molecule has 0 unspecified atom stereocenters. The fourth-order valence-corrected chi connectivity index (χ4v) is 10.9. The van der Waals surface area contributed by atoms with Gasteiger partial charge >= 0.3 is 0 Å². The standard InChI is InChI=1S/C52H45N5OS2/c1-51(2,3)33-21-22-53-49(27-33)56-41-14-8-7-13-39(41)40-20-19-37(31-44(40)56)58-38-26-34(52(4,5)6)25-35(28-38)54-23-24-55(32-54)36-29-47-50-48(30-36)60-46-18-12-10-16-43(46)57(50)42-15-9-11-17-45(42)59-47/h7-31H,32H2,1-6H3. The number of ether oxygens (including phenoxy) is 1. The first-order valence-corrected chi connectivity index (χ1v) is 22.2. The summed E-state index contributed by atoms with van der Waals surface area (Å²) in [5, 5.41) is 2.36. The summed E-state index contributed by atoms with van der Waals surface area (Å²) in [6.45, 7) is 14.2. The van der Waals surface area contributed by atoms with Crippen LogP contribution in [0.4, 0.5) is 28.4 Å². The van der Waals surface area contributed by atoms with Crippen LogP contribution in [0.2, 0.25) is 0 Å². The number of anilines is 5. The summed E-state index contributed by atoms with van der Waals surface area (Å²) in [6, 6.07) is 48.3. The van der Waals surface area contributed by atoms with E-state index < -0.39 is 0 Å². The van der Waals surface area contributed by atoms with E-state index in [2.05, 4.69) is 207 Å². The number of aromatic nitrogens is 2. The highest BCUT2D eigenvalue weighted by Crippen LogP contribution is 2.61. The molecule has 0 aliphatic carbocycles. The molecule has 11 rings (SSSR count). The Labute approximate surface area is 360 Å². The molecule has 0 N–H and O–H groups in total. The molecule has 3 aliphatic rings. The van der Waals surface area contributed by atoms with Crippen LogP contribution in [0.3, 0.4) is 0 Å². The predicted octanol–water partition coefficient (Wildman–Crippen LogP) is 14.7. The monoisotopic (exact) mass is 819 g/mol. The molecule has 0 fully saturated rings. The maximum atomic E-state index is 6.86. The zero-order valence-corrected chi connectivity index (χ0v) is 36.2. The van der Waals surface area contributed by atoms with Crippen LogP contribution in [0.5, 0.6) is 11.5 Å². The molecule has 296 valence electrons. The molecule has 60 heavy (non-hydrogen) atoms. The van der Waals surface area contributed by atoms with Crippen molar-refractivity contribution in [2.24, 2.45) is 0 Å². The molecule has 0 saturated heterocycles. The van der Waals surface area contributed by atoms with Crippen LogP contribution in [-0.2, 0) is 10.8 Å². The number of fused-ring (bicyclic) bond motifs is 7. The van der Waals surface area contributed by atoms with E-state index >= 15 is 0 Å². The van der Waals surface area contributed by atoms with Crippen molar-refractivity contribution in [2.45, 2.75) is 72.0 Å². The smallest absolute Gasteiger partial charge is 0.137 e. The summed E-state index contributed by atoms with van der Waals surface area (Å²) in [5.74, 6) is 2.49. The van der Waals surface area contributed by atoms with Crippen molar-refractivity contribution < 1.29 is 4.74 Å². The summed E-state index contributed by atoms with van der Waals surface area (Å²) in [5.41, 5.74) is 10.6. The van der Waals surface area contributed by atoms with Gasteiger partial charge in [0.1, 0.15) is 17.3 Å². The number of hydrogen-bond acceptors (Lipinski definition) is 7. The first-order chi connectivity index (χ1) is 29.0. The third kappa shape index (κ3) is 6.23. The average molecular weight is 820 g/mol. The summed E-state index contributed by atoms with van der Waals surface area (Å²) >= 11 is 3.73. The minimum Gasteiger partial charge on any atom is -0.457 e. The van der Waals surface area contributed by atoms with Gasteiger partial charge in [-0.15, -0.1) is 0 Å². The van der Waals surface area contributed by atoms with E-state index in [1.54, 1.807) is 0 Å². The van der Waals surface area contributed by atoms with Gasteiger partial charge in [0.15, 0.2) is 0 Å². The van der Waals surface area contributed by atoms with Gasteiger partial charge in [-0.2, -0.15) is 0 Å². The fraction of sp³-hybridized carbons (Fsp3) is 0.173. The highest BCUT2D eigenvalue weighted by molar-refractivity contribution is 8.00. The topological polar surface area (TPSA) is 36.8 Å². The van der Waals surface area contributed by atoms with Gasteiger partial charge in [0, 0.05) is 72.5 Å². The van der Waals surface area contributed by atoms with Crippen LogP contribution in [0.1, 0.15) is 52.7 Å². The fourth-order valence-electron chi connectivity index (χ4n) is 8.57. The van der Waals surface area contributed by atoms with Gasteiger partial charge in [0.2, 0.25) is 0 Å². The van der Waals surface area contributed by atoms with E-state index in [9.17, 15) is 0 Å². The molecule has 8 aromatic rings. The minimum atomic E-state index is -0.0918. The first kappa shape index (κ1) is 36.9. The van der Waals surface area contributed by atoms with Crippen molar-refractivity contribution in [3.63, 3.8) is 0 Å². The number of para-hydroxylation sites is 3. The molecule has 0 atom stereocenters. The van der Waals surface area contributed by atoms with Gasteiger partial charge in [-0.1, -0.05) is 108 Å². The van der Waals surface area contributed by atoms with Crippen molar-refractivity contribution in [1.82, 2.24) is 9.55 Å². The lowest BCUT2D eigenvalue weighted by Crippen LogP contribution is -2.26. The summed E-state index contributed by atoms with van der Waals surface area (Å²) < 4.78 is 9.13. The van der Waals surface area contributed by atoms with E-state index in [1.165, 1.54) is 64.2 Å². The number of rotatable bonds is 5. The Morgan fingerprint density at radius 2 is 1.15 bits per heavy atom. The van der Waals surface area contributed by atoms with Crippen molar-refractivity contribution in [3.05, 3.63) is 163 Å². The van der Waals surface area contributed by atoms with Crippen LogP contribution in [0.25, 0.3) is 27.6 Å². The summed E-state index contributed by atoms with van der Waals surface area (Å²) in [6.07, 6.45) is 6.32. The second-order valence-electron chi connectivity index (χ2n) is 17.9. The lowest BCUT2D eigenvalue weighted by Gasteiger charge is -2.39. The van der Waals surface area contributed by atoms with Crippen LogP contribution >= 0.6 is 23.5 Å². The third-order valence-corrected chi connectivity index (χ3v) is 14.0. The van der Waals surface area contributed by atoms with Gasteiger partial charge in [-0.05, 0) is 101 Å². The Morgan fingerprint density at radius 1 is 0.533 bits per heavy atom. The second-order valence-corrected chi connectivity index (χ2v) is 20.1. The van der Waals surface area contributed by atoms with Crippen molar-refractivity contribution >= 4 is 73.8 Å². The molecule has 0 bridgehead atoms. The van der Waals surface area contributed by atoms with E-state index in [-0.39, 0.29) is 10.8 Å². The van der Waals surface area contributed by atoms with Gasteiger partial charge in [-0.25, -0.2) is 4.98 Å². The number of hydrogen-bond donors (Lipinski definition) is 0. The Kier molecular flexibility index (Phi) is 8.45. The third-order valence-electron chi connectivity index (χ3n) is 11.8. The van der Waals surface area contributed by atoms with E-state index in [4.69, 9.17) is 9.72 Å². The SMILES string of the molecule is CC(C)(C)c1cc(Oc2ccc3c4ccccc4n(-c4cc(C(C)(C)C)ccn4)c3c2)cc(N2C=CN(c3cc4c5c(c3)Sc3ccccc3N5c3ccccc3S4)C2)c1. The Hall–Kier alpha value is -6.09. The largest absolute Gasteiger partial charge is 0.457 e. The molecule has 5 heterocycles. The van der Waals surface area contributed by atoms with Crippen LogP contribution in [-0.4, -0.2) is 16.2 Å². The zero-order chi connectivity index (χ0) is 40.9. The number of pyridine rings is 1. The van der Waals surface area contributed by atoms with Crippen molar-refractivity contribution in [1.29, 1.82) is 0 Å². The van der Waals surface area contributed by atoms with E-state index in [0.717, 1.165) is 34.0 Å². The maximum Gasteiger partial charge on any atom is 0.137 e. The molecule has 6 aromatic carbocycles. The summed E-state index contributed by atoms with van der Waals surface area (Å²) in [7, 11) is 0. The van der Waals surface area contributed by atoms with Gasteiger partial charge in [-0.3, -0.25) is 4.57 Å². The van der Waals surface area contributed by atoms with Crippen molar-refractivity contribution in [2.75, 3.05) is 21.4 Å². The zero-order valence-electron chi connectivity index (χ0n) is 34.6. The Bertz CT molecular complexity index is 2990. The van der Waals surface area contributed by atoms with E-state index in [1.807, 2.05) is 29.7 Å². The minimum absolute atomic E-state index is 0.00151.